The number of aryl methyl sites for hydroxylation is 2. The van der Waals surface area contributed by atoms with Crippen LogP contribution in [0.2, 0.25) is 0 Å². The van der Waals surface area contributed by atoms with Gasteiger partial charge in [-0.15, -0.1) is 0 Å². The van der Waals surface area contributed by atoms with Crippen LogP contribution in [-0.2, 0) is 0 Å². The highest BCUT2D eigenvalue weighted by Gasteiger charge is 2.35. The zero-order chi connectivity index (χ0) is 14.9. The first-order chi connectivity index (χ1) is 10.1. The lowest BCUT2D eigenvalue weighted by Crippen LogP contribution is -2.45. The number of H-pyrrole nitrogens is 1. The highest BCUT2D eigenvalue weighted by molar-refractivity contribution is 5.98. The predicted octanol–water partition coefficient (Wildman–Crippen LogP) is 3.64. The first-order valence-electron chi connectivity index (χ1n) is 8.15. The van der Waals surface area contributed by atoms with Crippen molar-refractivity contribution in [2.75, 3.05) is 19.6 Å². The molecule has 21 heavy (non-hydrogen) atoms. The molecular weight excluding hydrogens is 260 g/mol. The van der Waals surface area contributed by atoms with Gasteiger partial charge in [0, 0.05) is 23.5 Å². The van der Waals surface area contributed by atoms with Crippen LogP contribution in [0.15, 0.2) is 18.2 Å². The van der Waals surface area contributed by atoms with Crippen LogP contribution >= 0.6 is 0 Å². The lowest BCUT2D eigenvalue weighted by atomic mass is 9.71. The Kier molecular flexibility index (Phi) is 4.03. The molecule has 1 spiro atoms. The SMILES string of the molecule is Cc1cc(C(=O)CN2CCCC3(CC=CCC3)C2)c(C)[nH]1. The molecule has 1 aromatic rings. The van der Waals surface area contributed by atoms with E-state index in [9.17, 15) is 4.79 Å². The van der Waals surface area contributed by atoms with Gasteiger partial charge in [0.05, 0.1) is 6.54 Å². The van der Waals surface area contributed by atoms with Crippen LogP contribution in [0.4, 0.5) is 0 Å². The Morgan fingerprint density at radius 3 is 2.86 bits per heavy atom. The van der Waals surface area contributed by atoms with E-state index in [0.29, 0.717) is 12.0 Å². The normalized spacial score (nSPS) is 26.4. The number of ketones is 1. The maximum absolute atomic E-state index is 12.5. The number of likely N-dealkylation sites (tertiary alicyclic amines) is 1. The van der Waals surface area contributed by atoms with Gasteiger partial charge in [-0.25, -0.2) is 0 Å². The number of carbonyl (C=O) groups excluding carboxylic acids is 1. The number of nitrogens with one attached hydrogen (secondary N) is 1. The van der Waals surface area contributed by atoms with Gasteiger partial charge in [-0.1, -0.05) is 12.2 Å². The van der Waals surface area contributed by atoms with E-state index in [1.54, 1.807) is 0 Å². The van der Waals surface area contributed by atoms with Crippen molar-refractivity contribution in [3.05, 3.63) is 35.2 Å². The molecule has 1 N–H and O–H groups in total. The Morgan fingerprint density at radius 2 is 2.19 bits per heavy atom. The molecule has 0 aromatic carbocycles. The number of allylic oxidation sites excluding steroid dienone is 2. The first-order valence-corrected chi connectivity index (χ1v) is 8.15. The second kappa shape index (κ2) is 5.80. The number of piperidine rings is 1. The number of aromatic amines is 1. The van der Waals surface area contributed by atoms with E-state index in [2.05, 4.69) is 22.0 Å². The van der Waals surface area contributed by atoms with E-state index in [0.717, 1.165) is 30.0 Å². The fraction of sp³-hybridized carbons (Fsp3) is 0.611. The summed E-state index contributed by atoms with van der Waals surface area (Å²) in [6.45, 7) is 6.73. The van der Waals surface area contributed by atoms with Gasteiger partial charge in [-0.05, 0) is 64.0 Å². The standard InChI is InChI=1S/C18H26N2O/c1-14-11-16(15(2)19-14)17(21)12-20-10-6-9-18(13-20)7-4-3-5-8-18/h3-4,11,19H,5-10,12-13H2,1-2H3. The largest absolute Gasteiger partial charge is 0.362 e. The lowest BCUT2D eigenvalue weighted by molar-refractivity contribution is 0.0669. The van der Waals surface area contributed by atoms with Gasteiger partial charge in [0.15, 0.2) is 5.78 Å². The molecule has 0 amide bonds. The quantitative estimate of drug-likeness (QED) is 0.680. The molecule has 114 valence electrons. The summed E-state index contributed by atoms with van der Waals surface area (Å²) in [7, 11) is 0. The van der Waals surface area contributed by atoms with Crippen LogP contribution in [0.3, 0.4) is 0 Å². The maximum Gasteiger partial charge on any atom is 0.178 e. The van der Waals surface area contributed by atoms with Gasteiger partial charge in [0.2, 0.25) is 0 Å². The van der Waals surface area contributed by atoms with E-state index >= 15 is 0 Å². The third-order valence-electron chi connectivity index (χ3n) is 5.12. The molecule has 0 bridgehead atoms. The molecule has 2 heterocycles. The van der Waals surface area contributed by atoms with Gasteiger partial charge in [-0.3, -0.25) is 9.69 Å². The molecule has 3 heteroatoms. The number of aromatic nitrogens is 1. The number of Topliss-reactive ketones (excluding diaryl/α,β-unsaturated/α-hetero) is 1. The van der Waals surface area contributed by atoms with Gasteiger partial charge in [-0.2, -0.15) is 0 Å². The van der Waals surface area contributed by atoms with Crippen molar-refractivity contribution in [2.45, 2.75) is 46.0 Å². The molecule has 1 unspecified atom stereocenters. The number of nitrogens with zero attached hydrogens (tertiary/aromatic N) is 1. The Morgan fingerprint density at radius 1 is 1.33 bits per heavy atom. The smallest absolute Gasteiger partial charge is 0.178 e. The van der Waals surface area contributed by atoms with Crippen molar-refractivity contribution < 1.29 is 4.79 Å². The number of hydrogen-bond donors (Lipinski definition) is 1. The summed E-state index contributed by atoms with van der Waals surface area (Å²) in [5.74, 6) is 0.264. The van der Waals surface area contributed by atoms with Crippen LogP contribution in [0.1, 0.15) is 53.8 Å². The molecule has 0 radical (unpaired) electrons. The fourth-order valence-corrected chi connectivity index (χ4v) is 4.06. The number of hydrogen-bond acceptors (Lipinski definition) is 2. The Balaban J connectivity index is 1.66. The minimum atomic E-state index is 0.264. The molecule has 0 saturated carbocycles. The van der Waals surface area contributed by atoms with Gasteiger partial charge in [0.25, 0.3) is 0 Å². The molecule has 3 nitrogen and oxygen atoms in total. The zero-order valence-electron chi connectivity index (χ0n) is 13.2. The van der Waals surface area contributed by atoms with Crippen LogP contribution in [0.25, 0.3) is 0 Å². The van der Waals surface area contributed by atoms with Crippen LogP contribution in [-0.4, -0.2) is 35.3 Å². The highest BCUT2D eigenvalue weighted by atomic mass is 16.1. The van der Waals surface area contributed by atoms with Crippen LogP contribution in [0, 0.1) is 19.3 Å². The summed E-state index contributed by atoms with van der Waals surface area (Å²) in [5, 5.41) is 0. The summed E-state index contributed by atoms with van der Waals surface area (Å²) in [6.07, 6.45) is 10.9. The van der Waals surface area contributed by atoms with Crippen molar-refractivity contribution in [1.82, 2.24) is 9.88 Å². The minimum Gasteiger partial charge on any atom is -0.362 e. The molecule has 1 aliphatic heterocycles. The summed E-state index contributed by atoms with van der Waals surface area (Å²) in [6, 6.07) is 1.99. The van der Waals surface area contributed by atoms with Crippen molar-refractivity contribution in [1.29, 1.82) is 0 Å². The van der Waals surface area contributed by atoms with Gasteiger partial charge >= 0.3 is 0 Å². The molecule has 1 aliphatic carbocycles. The minimum absolute atomic E-state index is 0.264. The molecule has 1 aromatic heterocycles. The molecule has 1 atom stereocenters. The predicted molar refractivity (Wildman–Crippen MR) is 85.7 cm³/mol. The van der Waals surface area contributed by atoms with Gasteiger partial charge in [0.1, 0.15) is 0 Å². The lowest BCUT2D eigenvalue weighted by Gasteiger charge is -2.43. The third-order valence-corrected chi connectivity index (χ3v) is 5.12. The van der Waals surface area contributed by atoms with Crippen LogP contribution in [0.5, 0.6) is 0 Å². The molecule has 1 saturated heterocycles. The van der Waals surface area contributed by atoms with E-state index in [1.807, 2.05) is 19.9 Å². The van der Waals surface area contributed by atoms with Crippen molar-refractivity contribution in [3.63, 3.8) is 0 Å². The third kappa shape index (κ3) is 3.13. The van der Waals surface area contributed by atoms with E-state index in [1.165, 1.54) is 32.1 Å². The molecule has 3 rings (SSSR count). The maximum atomic E-state index is 12.5. The van der Waals surface area contributed by atoms with E-state index in [4.69, 9.17) is 0 Å². The van der Waals surface area contributed by atoms with Crippen molar-refractivity contribution in [2.24, 2.45) is 5.41 Å². The van der Waals surface area contributed by atoms with E-state index in [-0.39, 0.29) is 5.78 Å². The van der Waals surface area contributed by atoms with Crippen molar-refractivity contribution >= 4 is 5.78 Å². The Bertz CT molecular complexity index is 558. The number of carbonyl (C=O) groups is 1. The van der Waals surface area contributed by atoms with Crippen LogP contribution < -0.4 is 0 Å². The fourth-order valence-electron chi connectivity index (χ4n) is 4.06. The zero-order valence-corrected chi connectivity index (χ0v) is 13.2. The summed E-state index contributed by atoms with van der Waals surface area (Å²) in [4.78, 5) is 18.2. The van der Waals surface area contributed by atoms with Crippen molar-refractivity contribution in [3.8, 4) is 0 Å². The average Bonchev–Trinajstić information content (AvgIpc) is 2.79. The molecular formula is C18H26N2O. The number of rotatable bonds is 3. The summed E-state index contributed by atoms with van der Waals surface area (Å²) >= 11 is 0. The Hall–Kier alpha value is -1.35. The first kappa shape index (κ1) is 14.6. The molecule has 1 fully saturated rings. The molecule has 2 aliphatic rings. The summed E-state index contributed by atoms with van der Waals surface area (Å²) < 4.78 is 0. The second-order valence-electron chi connectivity index (χ2n) is 6.94. The summed E-state index contributed by atoms with van der Waals surface area (Å²) in [5.41, 5.74) is 3.39. The van der Waals surface area contributed by atoms with E-state index < -0.39 is 0 Å². The monoisotopic (exact) mass is 286 g/mol. The highest BCUT2D eigenvalue weighted by Crippen LogP contribution is 2.40. The average molecular weight is 286 g/mol. The second-order valence-corrected chi connectivity index (χ2v) is 6.94. The Labute approximate surface area is 127 Å². The topological polar surface area (TPSA) is 36.1 Å². The van der Waals surface area contributed by atoms with Gasteiger partial charge < -0.3 is 4.98 Å².